The van der Waals surface area contributed by atoms with Crippen LogP contribution >= 0.6 is 0 Å². The molecule has 0 bridgehead atoms. The number of carboxylic acids is 1. The predicted molar refractivity (Wildman–Crippen MR) is 117 cm³/mol. The Morgan fingerprint density at radius 2 is 1.88 bits per heavy atom. The van der Waals surface area contributed by atoms with Gasteiger partial charge in [0.15, 0.2) is 0 Å². The van der Waals surface area contributed by atoms with E-state index in [0.29, 0.717) is 19.6 Å². The fourth-order valence-electron chi connectivity index (χ4n) is 3.89. The van der Waals surface area contributed by atoms with Gasteiger partial charge in [0, 0.05) is 49.0 Å². The van der Waals surface area contributed by atoms with Crippen LogP contribution in [0.2, 0.25) is 0 Å². The standard InChI is InChI=1S/C21H24N4O2.C2HF3O2/c1-15-4-6-17(7-5-15)24-20(27)25-10-8-21(14-25)11-18(21)19(26)23-13-16-3-2-9-22-12-16;3-2(4,5)1(6)7/h2-7,9,12,18H,8,10-11,13-14H2,1H3,(H,23,26)(H,24,27);(H,6,7). The summed E-state index contributed by atoms with van der Waals surface area (Å²) in [6.07, 6.45) is 0.144. The topological polar surface area (TPSA) is 112 Å². The number of rotatable bonds is 4. The van der Waals surface area contributed by atoms with Crippen LogP contribution in [0.4, 0.5) is 23.7 Å². The van der Waals surface area contributed by atoms with Crippen LogP contribution in [0, 0.1) is 18.3 Å². The second-order valence-electron chi connectivity index (χ2n) is 8.47. The summed E-state index contributed by atoms with van der Waals surface area (Å²) in [7, 11) is 0. The SMILES string of the molecule is Cc1ccc(NC(=O)N2CCC3(CC3C(=O)NCc3cccnc3)C2)cc1.O=C(O)C(F)(F)F. The highest BCUT2D eigenvalue weighted by Gasteiger charge is 2.61. The van der Waals surface area contributed by atoms with Crippen LogP contribution in [-0.2, 0) is 16.1 Å². The summed E-state index contributed by atoms with van der Waals surface area (Å²) in [6, 6.07) is 11.5. The zero-order chi connectivity index (χ0) is 24.9. The van der Waals surface area contributed by atoms with Gasteiger partial charge in [-0.1, -0.05) is 23.8 Å². The lowest BCUT2D eigenvalue weighted by Gasteiger charge is -2.17. The molecule has 1 aliphatic heterocycles. The number of carboxylic acid groups (broad SMARTS) is 1. The Morgan fingerprint density at radius 3 is 2.47 bits per heavy atom. The van der Waals surface area contributed by atoms with E-state index in [9.17, 15) is 22.8 Å². The minimum absolute atomic E-state index is 0.00588. The number of amides is 3. The summed E-state index contributed by atoms with van der Waals surface area (Å²) in [5, 5.41) is 13.1. The number of alkyl halides is 3. The lowest BCUT2D eigenvalue weighted by molar-refractivity contribution is -0.192. The Morgan fingerprint density at radius 1 is 1.21 bits per heavy atom. The van der Waals surface area contributed by atoms with Crippen molar-refractivity contribution in [2.45, 2.75) is 32.5 Å². The van der Waals surface area contributed by atoms with Crippen molar-refractivity contribution < 1.29 is 32.7 Å². The van der Waals surface area contributed by atoms with E-state index in [1.807, 2.05) is 48.2 Å². The molecule has 1 saturated heterocycles. The fraction of sp³-hybridized carbons (Fsp3) is 0.391. The molecule has 2 heterocycles. The Labute approximate surface area is 194 Å². The van der Waals surface area contributed by atoms with Crippen LogP contribution in [0.25, 0.3) is 0 Å². The number of hydrogen-bond donors (Lipinski definition) is 3. The number of pyridine rings is 1. The quantitative estimate of drug-likeness (QED) is 0.622. The van der Waals surface area contributed by atoms with Crippen molar-refractivity contribution in [2.24, 2.45) is 11.3 Å². The van der Waals surface area contributed by atoms with Crippen LogP contribution < -0.4 is 10.6 Å². The number of hydrogen-bond acceptors (Lipinski definition) is 4. The molecule has 4 rings (SSSR count). The number of likely N-dealkylation sites (tertiary alicyclic amines) is 1. The minimum atomic E-state index is -5.08. The predicted octanol–water partition coefficient (Wildman–Crippen LogP) is 3.58. The number of nitrogens with one attached hydrogen (secondary N) is 2. The third kappa shape index (κ3) is 6.46. The van der Waals surface area contributed by atoms with Crippen LogP contribution in [-0.4, -0.2) is 52.2 Å². The number of halogens is 3. The summed E-state index contributed by atoms with van der Waals surface area (Å²) in [5.41, 5.74) is 2.91. The molecule has 1 spiro atoms. The van der Waals surface area contributed by atoms with Crippen molar-refractivity contribution in [1.82, 2.24) is 15.2 Å². The zero-order valence-corrected chi connectivity index (χ0v) is 18.4. The molecular weight excluding hydrogens is 453 g/mol. The Kier molecular flexibility index (Phi) is 7.43. The third-order valence-corrected chi connectivity index (χ3v) is 5.91. The minimum Gasteiger partial charge on any atom is -0.475 e. The summed E-state index contributed by atoms with van der Waals surface area (Å²) < 4.78 is 31.7. The van der Waals surface area contributed by atoms with E-state index >= 15 is 0 Å². The molecule has 11 heteroatoms. The Balaban J connectivity index is 0.000000406. The number of aryl methyl sites for hydroxylation is 1. The molecule has 1 aromatic heterocycles. The average molecular weight is 478 g/mol. The molecule has 182 valence electrons. The first-order chi connectivity index (χ1) is 16.0. The van der Waals surface area contributed by atoms with Gasteiger partial charge in [-0.2, -0.15) is 13.2 Å². The molecule has 1 aliphatic carbocycles. The molecule has 2 aromatic rings. The van der Waals surface area contributed by atoms with Gasteiger partial charge < -0.3 is 20.6 Å². The molecule has 2 fully saturated rings. The molecule has 2 atom stereocenters. The van der Waals surface area contributed by atoms with Crippen molar-refractivity contribution in [1.29, 1.82) is 0 Å². The highest BCUT2D eigenvalue weighted by molar-refractivity contribution is 5.90. The van der Waals surface area contributed by atoms with Gasteiger partial charge in [-0.3, -0.25) is 9.78 Å². The molecular formula is C23H25F3N4O4. The van der Waals surface area contributed by atoms with Crippen molar-refractivity contribution in [3.63, 3.8) is 0 Å². The van der Waals surface area contributed by atoms with E-state index in [1.54, 1.807) is 12.4 Å². The molecule has 2 unspecified atom stereocenters. The van der Waals surface area contributed by atoms with Gasteiger partial charge in [0.1, 0.15) is 0 Å². The van der Waals surface area contributed by atoms with Gasteiger partial charge in [0.25, 0.3) is 0 Å². The number of benzene rings is 1. The first kappa shape index (κ1) is 25.0. The van der Waals surface area contributed by atoms with Crippen molar-refractivity contribution in [2.75, 3.05) is 18.4 Å². The Hall–Kier alpha value is -3.63. The van der Waals surface area contributed by atoms with E-state index in [2.05, 4.69) is 15.6 Å². The van der Waals surface area contributed by atoms with Gasteiger partial charge in [-0.05, 0) is 43.5 Å². The van der Waals surface area contributed by atoms with Crippen molar-refractivity contribution >= 4 is 23.6 Å². The van der Waals surface area contributed by atoms with E-state index in [-0.39, 0.29) is 23.3 Å². The highest BCUT2D eigenvalue weighted by atomic mass is 19.4. The molecule has 1 saturated carbocycles. The molecule has 3 amide bonds. The summed E-state index contributed by atoms with van der Waals surface area (Å²) in [5.74, 6) is -2.67. The second-order valence-corrected chi connectivity index (χ2v) is 8.47. The number of aromatic nitrogens is 1. The van der Waals surface area contributed by atoms with Gasteiger partial charge in [0.2, 0.25) is 5.91 Å². The van der Waals surface area contributed by atoms with Gasteiger partial charge in [-0.25, -0.2) is 9.59 Å². The normalized spacial score (nSPS) is 20.8. The number of urea groups is 1. The summed E-state index contributed by atoms with van der Waals surface area (Å²) in [6.45, 7) is 3.86. The van der Waals surface area contributed by atoms with Crippen LogP contribution in [0.3, 0.4) is 0 Å². The first-order valence-corrected chi connectivity index (χ1v) is 10.6. The fourth-order valence-corrected chi connectivity index (χ4v) is 3.89. The summed E-state index contributed by atoms with van der Waals surface area (Å²) >= 11 is 0. The Bertz CT molecular complexity index is 1030. The largest absolute Gasteiger partial charge is 0.490 e. The van der Waals surface area contributed by atoms with Gasteiger partial charge >= 0.3 is 18.2 Å². The highest BCUT2D eigenvalue weighted by Crippen LogP contribution is 2.58. The third-order valence-electron chi connectivity index (χ3n) is 5.91. The monoisotopic (exact) mass is 478 g/mol. The number of aliphatic carboxylic acids is 1. The van der Waals surface area contributed by atoms with Crippen molar-refractivity contribution in [3.8, 4) is 0 Å². The van der Waals surface area contributed by atoms with E-state index in [0.717, 1.165) is 29.7 Å². The first-order valence-electron chi connectivity index (χ1n) is 10.6. The van der Waals surface area contributed by atoms with Crippen LogP contribution in [0.15, 0.2) is 48.8 Å². The molecule has 0 radical (unpaired) electrons. The van der Waals surface area contributed by atoms with Crippen molar-refractivity contribution in [3.05, 3.63) is 59.9 Å². The lowest BCUT2D eigenvalue weighted by Crippen LogP contribution is -2.34. The zero-order valence-electron chi connectivity index (χ0n) is 18.4. The maximum absolute atomic E-state index is 12.5. The van der Waals surface area contributed by atoms with Gasteiger partial charge in [-0.15, -0.1) is 0 Å². The molecule has 3 N–H and O–H groups in total. The number of carbonyl (C=O) groups is 3. The number of carbonyl (C=O) groups excluding carboxylic acids is 2. The average Bonchev–Trinajstić information content (AvgIpc) is 3.33. The molecule has 1 aromatic carbocycles. The lowest BCUT2D eigenvalue weighted by atomic mass is 10.0. The van der Waals surface area contributed by atoms with E-state index in [1.165, 1.54) is 0 Å². The molecule has 2 aliphatic rings. The smallest absolute Gasteiger partial charge is 0.475 e. The summed E-state index contributed by atoms with van der Waals surface area (Å²) in [4.78, 5) is 39.8. The number of nitrogens with zero attached hydrogens (tertiary/aromatic N) is 2. The second kappa shape index (κ2) is 10.1. The van der Waals surface area contributed by atoms with Crippen LogP contribution in [0.1, 0.15) is 24.0 Å². The van der Waals surface area contributed by atoms with E-state index in [4.69, 9.17) is 9.90 Å². The molecule has 8 nitrogen and oxygen atoms in total. The van der Waals surface area contributed by atoms with E-state index < -0.39 is 12.1 Å². The number of anilines is 1. The maximum atomic E-state index is 12.5. The maximum Gasteiger partial charge on any atom is 0.490 e. The van der Waals surface area contributed by atoms with Crippen LogP contribution in [0.5, 0.6) is 0 Å². The van der Waals surface area contributed by atoms with Gasteiger partial charge in [0.05, 0.1) is 0 Å². The molecule has 34 heavy (non-hydrogen) atoms.